The van der Waals surface area contributed by atoms with E-state index in [1.807, 2.05) is 0 Å². The SMILES string of the molecule is O=C1c2ccccc2C(=O)c2cc(S(=O)(=O)NC3CCC3)ccc21. The van der Waals surface area contributed by atoms with Crippen molar-refractivity contribution in [1.82, 2.24) is 4.72 Å². The van der Waals surface area contributed by atoms with Gasteiger partial charge in [0.05, 0.1) is 4.90 Å². The number of sulfonamides is 1. The Hall–Kier alpha value is -2.31. The van der Waals surface area contributed by atoms with Crippen LogP contribution in [0.4, 0.5) is 0 Å². The summed E-state index contributed by atoms with van der Waals surface area (Å²) in [7, 11) is -3.69. The van der Waals surface area contributed by atoms with Crippen molar-refractivity contribution in [2.75, 3.05) is 0 Å². The minimum atomic E-state index is -3.69. The summed E-state index contributed by atoms with van der Waals surface area (Å²) < 4.78 is 27.5. The van der Waals surface area contributed by atoms with E-state index < -0.39 is 10.0 Å². The third kappa shape index (κ3) is 2.30. The molecule has 0 atom stereocenters. The number of carbonyl (C=O) groups is 2. The summed E-state index contributed by atoms with van der Waals surface area (Å²) in [6.07, 6.45) is 2.67. The summed E-state index contributed by atoms with van der Waals surface area (Å²) in [6, 6.07) is 10.7. The maximum Gasteiger partial charge on any atom is 0.240 e. The molecule has 1 saturated carbocycles. The van der Waals surface area contributed by atoms with E-state index in [0.29, 0.717) is 11.1 Å². The normalized spacial score (nSPS) is 17.2. The number of hydrogen-bond acceptors (Lipinski definition) is 4. The Morgan fingerprint density at radius 3 is 2.00 bits per heavy atom. The van der Waals surface area contributed by atoms with Crippen molar-refractivity contribution in [3.63, 3.8) is 0 Å². The van der Waals surface area contributed by atoms with Gasteiger partial charge in [-0.15, -0.1) is 0 Å². The smallest absolute Gasteiger partial charge is 0.240 e. The molecule has 6 heteroatoms. The fraction of sp³-hybridized carbons (Fsp3) is 0.222. The Kier molecular flexibility index (Phi) is 3.40. The average molecular weight is 341 g/mol. The summed E-state index contributed by atoms with van der Waals surface area (Å²) >= 11 is 0. The average Bonchev–Trinajstić information content (AvgIpc) is 2.56. The Morgan fingerprint density at radius 1 is 0.833 bits per heavy atom. The summed E-state index contributed by atoms with van der Waals surface area (Å²) in [5.41, 5.74) is 1.08. The first kappa shape index (κ1) is 15.2. The van der Waals surface area contributed by atoms with Gasteiger partial charge in [-0.3, -0.25) is 9.59 Å². The molecule has 0 radical (unpaired) electrons. The van der Waals surface area contributed by atoms with Crippen LogP contribution in [-0.2, 0) is 10.0 Å². The van der Waals surface area contributed by atoms with Gasteiger partial charge < -0.3 is 0 Å². The molecule has 0 bridgehead atoms. The van der Waals surface area contributed by atoms with Crippen LogP contribution in [0.2, 0.25) is 0 Å². The summed E-state index contributed by atoms with van der Waals surface area (Å²) in [5, 5.41) is 0. The lowest BCUT2D eigenvalue weighted by Crippen LogP contribution is -2.39. The second-order valence-electron chi connectivity index (χ2n) is 6.16. The first-order valence-corrected chi connectivity index (χ1v) is 9.30. The fourth-order valence-corrected chi connectivity index (χ4v) is 4.39. The molecule has 122 valence electrons. The lowest BCUT2D eigenvalue weighted by molar-refractivity contribution is 0.0979. The van der Waals surface area contributed by atoms with E-state index in [4.69, 9.17) is 0 Å². The van der Waals surface area contributed by atoms with Gasteiger partial charge in [-0.2, -0.15) is 0 Å². The Labute approximate surface area is 139 Å². The summed E-state index contributed by atoms with van der Waals surface area (Å²) in [5.74, 6) is -0.572. The quantitative estimate of drug-likeness (QED) is 0.793. The van der Waals surface area contributed by atoms with Crippen molar-refractivity contribution >= 4 is 21.6 Å². The van der Waals surface area contributed by atoms with Crippen LogP contribution < -0.4 is 4.72 Å². The van der Waals surface area contributed by atoms with Gasteiger partial charge in [0.2, 0.25) is 10.0 Å². The van der Waals surface area contributed by atoms with Gasteiger partial charge in [0.25, 0.3) is 0 Å². The van der Waals surface area contributed by atoms with Crippen molar-refractivity contribution in [2.24, 2.45) is 0 Å². The molecule has 0 unspecified atom stereocenters. The molecule has 0 aromatic heterocycles. The zero-order valence-corrected chi connectivity index (χ0v) is 13.6. The van der Waals surface area contributed by atoms with Crippen LogP contribution in [0.5, 0.6) is 0 Å². The van der Waals surface area contributed by atoms with Crippen molar-refractivity contribution in [2.45, 2.75) is 30.2 Å². The molecule has 24 heavy (non-hydrogen) atoms. The van der Waals surface area contributed by atoms with Gasteiger partial charge in [-0.05, 0) is 31.0 Å². The molecule has 1 fully saturated rings. The van der Waals surface area contributed by atoms with E-state index in [0.717, 1.165) is 19.3 Å². The largest absolute Gasteiger partial charge is 0.289 e. The molecule has 5 nitrogen and oxygen atoms in total. The van der Waals surface area contributed by atoms with E-state index in [2.05, 4.69) is 4.72 Å². The number of fused-ring (bicyclic) bond motifs is 2. The molecule has 0 spiro atoms. The van der Waals surface area contributed by atoms with Gasteiger partial charge in [0.1, 0.15) is 0 Å². The van der Waals surface area contributed by atoms with Gasteiger partial charge in [0.15, 0.2) is 11.6 Å². The molecular weight excluding hydrogens is 326 g/mol. The predicted octanol–water partition coefficient (Wildman–Crippen LogP) is 2.29. The highest BCUT2D eigenvalue weighted by molar-refractivity contribution is 7.89. The minimum absolute atomic E-state index is 0.0219. The molecule has 0 amide bonds. The van der Waals surface area contributed by atoms with Crippen molar-refractivity contribution in [3.8, 4) is 0 Å². The van der Waals surface area contributed by atoms with Gasteiger partial charge in [-0.25, -0.2) is 13.1 Å². The van der Waals surface area contributed by atoms with E-state index in [-0.39, 0.29) is 33.6 Å². The summed E-state index contributed by atoms with van der Waals surface area (Å²) in [4.78, 5) is 25.2. The van der Waals surface area contributed by atoms with Crippen molar-refractivity contribution < 1.29 is 18.0 Å². The zero-order chi connectivity index (χ0) is 16.9. The molecular formula is C18H15NO4S. The van der Waals surface area contributed by atoms with Crippen LogP contribution in [-0.4, -0.2) is 26.0 Å². The molecule has 1 N–H and O–H groups in total. The molecule has 2 aromatic rings. The second kappa shape index (κ2) is 5.36. The maximum absolute atomic E-state index is 12.7. The van der Waals surface area contributed by atoms with E-state index in [1.54, 1.807) is 24.3 Å². The van der Waals surface area contributed by atoms with Gasteiger partial charge >= 0.3 is 0 Å². The molecule has 4 rings (SSSR count). The number of ketones is 2. The van der Waals surface area contributed by atoms with Gasteiger partial charge in [0, 0.05) is 28.3 Å². The van der Waals surface area contributed by atoms with Gasteiger partial charge in [-0.1, -0.05) is 30.7 Å². The molecule has 2 aromatic carbocycles. The number of benzene rings is 2. The fourth-order valence-electron chi connectivity index (χ4n) is 3.06. The standard InChI is InChI=1S/C18H15NO4S/c20-17-13-6-1-2-7-14(13)18(21)16-10-12(8-9-15(16)17)24(22,23)19-11-4-3-5-11/h1-2,6-11,19H,3-5H2. The molecule has 0 heterocycles. The molecule has 2 aliphatic carbocycles. The molecule has 0 saturated heterocycles. The first-order valence-electron chi connectivity index (χ1n) is 7.82. The second-order valence-corrected chi connectivity index (χ2v) is 7.87. The van der Waals surface area contributed by atoms with Crippen molar-refractivity contribution in [1.29, 1.82) is 0 Å². The van der Waals surface area contributed by atoms with E-state index in [9.17, 15) is 18.0 Å². The van der Waals surface area contributed by atoms with Crippen LogP contribution in [0.3, 0.4) is 0 Å². The molecule has 2 aliphatic rings. The number of carbonyl (C=O) groups excluding carboxylic acids is 2. The lowest BCUT2D eigenvalue weighted by atomic mass is 9.84. The van der Waals surface area contributed by atoms with Crippen LogP contribution >= 0.6 is 0 Å². The first-order chi connectivity index (χ1) is 11.5. The van der Waals surface area contributed by atoms with E-state index >= 15 is 0 Å². The van der Waals surface area contributed by atoms with Crippen LogP contribution in [0.15, 0.2) is 47.4 Å². The van der Waals surface area contributed by atoms with Crippen LogP contribution in [0.1, 0.15) is 51.1 Å². The number of hydrogen-bond donors (Lipinski definition) is 1. The topological polar surface area (TPSA) is 80.3 Å². The van der Waals surface area contributed by atoms with Crippen molar-refractivity contribution in [3.05, 3.63) is 64.7 Å². The lowest BCUT2D eigenvalue weighted by Gasteiger charge is -2.26. The van der Waals surface area contributed by atoms with Crippen LogP contribution in [0, 0.1) is 0 Å². The zero-order valence-electron chi connectivity index (χ0n) is 12.8. The third-order valence-electron chi connectivity index (χ3n) is 4.63. The predicted molar refractivity (Wildman–Crippen MR) is 87.7 cm³/mol. The Balaban J connectivity index is 1.78. The highest BCUT2D eigenvalue weighted by Gasteiger charge is 2.31. The monoisotopic (exact) mass is 341 g/mol. The minimum Gasteiger partial charge on any atom is -0.289 e. The number of nitrogens with one attached hydrogen (secondary N) is 1. The maximum atomic E-state index is 12.7. The van der Waals surface area contributed by atoms with Crippen LogP contribution in [0.25, 0.3) is 0 Å². The Bertz CT molecular complexity index is 974. The van der Waals surface area contributed by atoms with E-state index in [1.165, 1.54) is 18.2 Å². The summed E-state index contributed by atoms with van der Waals surface area (Å²) in [6.45, 7) is 0. The Morgan fingerprint density at radius 2 is 1.42 bits per heavy atom. The molecule has 0 aliphatic heterocycles. The highest BCUT2D eigenvalue weighted by Crippen LogP contribution is 2.29. The third-order valence-corrected chi connectivity index (χ3v) is 6.15. The highest BCUT2D eigenvalue weighted by atomic mass is 32.2. The number of rotatable bonds is 3.